The molecule has 0 radical (unpaired) electrons. The molecule has 2 atom stereocenters. The Morgan fingerprint density at radius 1 is 1.40 bits per heavy atom. The van der Waals surface area contributed by atoms with E-state index in [-0.39, 0.29) is 11.5 Å². The summed E-state index contributed by atoms with van der Waals surface area (Å²) in [5.74, 6) is -0.936. The van der Waals surface area contributed by atoms with Gasteiger partial charge in [-0.3, -0.25) is 20.0 Å². The Morgan fingerprint density at radius 2 is 2.04 bits per heavy atom. The van der Waals surface area contributed by atoms with Gasteiger partial charge in [-0.25, -0.2) is 10.2 Å². The standard InChI is InChI=1S/C15H26N4O5S/c1-15(2,3)24-14(22)17-10(8-11(16)25)12(20)19-7-5-6-9(18-19)13(21)23-4/h9-10,18H,5-8H2,1-4H3,(H2,16,25)(H,17,22)/t9-,10-/m0/s1. The van der Waals surface area contributed by atoms with Crippen LogP contribution in [0.25, 0.3) is 0 Å². The number of esters is 1. The highest BCUT2D eigenvalue weighted by atomic mass is 32.1. The number of rotatable bonds is 5. The number of hydrogen-bond donors (Lipinski definition) is 4. The lowest BCUT2D eigenvalue weighted by atomic mass is 10.1. The fourth-order valence-corrected chi connectivity index (χ4v) is 2.47. The zero-order valence-electron chi connectivity index (χ0n) is 14.9. The average Bonchev–Trinajstić information content (AvgIpc) is 2.50. The largest absolute Gasteiger partial charge is 0.468 e. The first kappa shape index (κ1) is 21.2. The molecule has 0 aliphatic carbocycles. The number of methoxy groups -OCH3 is 1. The summed E-state index contributed by atoms with van der Waals surface area (Å²) in [5.41, 5.74) is 2.08. The summed E-state index contributed by atoms with van der Waals surface area (Å²) in [7, 11) is 1.28. The van der Waals surface area contributed by atoms with Crippen molar-refractivity contribution in [1.82, 2.24) is 15.8 Å². The highest BCUT2D eigenvalue weighted by Gasteiger charge is 2.33. The number of carbonyl (C=O) groups is 3. The van der Waals surface area contributed by atoms with Gasteiger partial charge in [-0.15, -0.1) is 12.6 Å². The van der Waals surface area contributed by atoms with E-state index in [2.05, 4.69) is 28.1 Å². The Morgan fingerprint density at radius 3 is 2.56 bits per heavy atom. The molecule has 0 saturated carbocycles. The predicted molar refractivity (Wildman–Crippen MR) is 94.4 cm³/mol. The summed E-state index contributed by atoms with van der Waals surface area (Å²) in [5, 5.41) is 11.2. The van der Waals surface area contributed by atoms with Crippen molar-refractivity contribution in [1.29, 1.82) is 5.41 Å². The summed E-state index contributed by atoms with van der Waals surface area (Å²) in [6.45, 7) is 5.49. The first-order valence-electron chi connectivity index (χ1n) is 7.94. The Bertz CT molecular complexity index is 535. The summed E-state index contributed by atoms with van der Waals surface area (Å²) < 4.78 is 9.84. The molecule has 9 nitrogen and oxygen atoms in total. The second-order valence-corrected chi connectivity index (χ2v) is 7.23. The maximum atomic E-state index is 12.7. The number of hydrazine groups is 1. The van der Waals surface area contributed by atoms with E-state index < -0.39 is 35.7 Å². The molecule has 142 valence electrons. The minimum Gasteiger partial charge on any atom is -0.468 e. The highest BCUT2D eigenvalue weighted by molar-refractivity contribution is 7.96. The third-order valence-corrected chi connectivity index (χ3v) is 3.51. The van der Waals surface area contributed by atoms with Gasteiger partial charge in [-0.2, -0.15) is 0 Å². The van der Waals surface area contributed by atoms with Gasteiger partial charge in [0.2, 0.25) is 0 Å². The molecule has 1 heterocycles. The maximum Gasteiger partial charge on any atom is 0.408 e. The lowest BCUT2D eigenvalue weighted by Gasteiger charge is -2.34. The second kappa shape index (κ2) is 9.04. The predicted octanol–water partition coefficient (Wildman–Crippen LogP) is 0.845. The first-order valence-corrected chi connectivity index (χ1v) is 8.39. The summed E-state index contributed by atoms with van der Waals surface area (Å²) in [4.78, 5) is 36.3. The van der Waals surface area contributed by atoms with Gasteiger partial charge in [0.25, 0.3) is 5.91 Å². The quantitative estimate of drug-likeness (QED) is 0.245. The molecule has 2 amide bonds. The van der Waals surface area contributed by atoms with Crippen LogP contribution in [0.3, 0.4) is 0 Å². The van der Waals surface area contributed by atoms with Crippen molar-refractivity contribution in [3.63, 3.8) is 0 Å². The molecule has 25 heavy (non-hydrogen) atoms. The van der Waals surface area contributed by atoms with Gasteiger partial charge in [0.05, 0.1) is 12.2 Å². The topological polar surface area (TPSA) is 121 Å². The van der Waals surface area contributed by atoms with Gasteiger partial charge in [-0.05, 0) is 33.6 Å². The van der Waals surface area contributed by atoms with E-state index in [1.165, 1.54) is 12.1 Å². The number of thiol groups is 1. The van der Waals surface area contributed by atoms with Crippen LogP contribution in [-0.4, -0.2) is 59.4 Å². The normalized spacial score (nSPS) is 18.9. The van der Waals surface area contributed by atoms with Gasteiger partial charge in [0, 0.05) is 13.0 Å². The molecule has 1 fully saturated rings. The molecule has 10 heteroatoms. The van der Waals surface area contributed by atoms with Crippen LogP contribution in [0.1, 0.15) is 40.0 Å². The van der Waals surface area contributed by atoms with Gasteiger partial charge in [-0.1, -0.05) is 0 Å². The maximum absolute atomic E-state index is 12.7. The molecular formula is C15H26N4O5S. The van der Waals surface area contributed by atoms with E-state index in [9.17, 15) is 14.4 Å². The smallest absolute Gasteiger partial charge is 0.408 e. The molecule has 1 rings (SSSR count). The number of ether oxygens (including phenoxy) is 2. The molecule has 0 spiro atoms. The van der Waals surface area contributed by atoms with Gasteiger partial charge in [0.1, 0.15) is 17.7 Å². The van der Waals surface area contributed by atoms with Crippen molar-refractivity contribution in [3.05, 3.63) is 0 Å². The lowest BCUT2D eigenvalue weighted by Crippen LogP contribution is -2.60. The molecule has 0 aromatic heterocycles. The SMILES string of the molecule is COC(=O)[C@@H]1CCCN(C(=O)[C@H](CC(=N)S)NC(=O)OC(C)(C)C)N1. The first-order chi connectivity index (χ1) is 11.5. The van der Waals surface area contributed by atoms with Crippen LogP contribution in [-0.2, 0) is 19.1 Å². The fourth-order valence-electron chi connectivity index (χ4n) is 2.29. The molecule has 1 aliphatic heterocycles. The van der Waals surface area contributed by atoms with Crippen LogP contribution in [0.5, 0.6) is 0 Å². The van der Waals surface area contributed by atoms with Crippen molar-refractivity contribution in [2.45, 2.75) is 57.7 Å². The number of nitrogens with zero attached hydrogens (tertiary/aromatic N) is 1. The number of carbonyl (C=O) groups excluding carboxylic acids is 3. The van der Waals surface area contributed by atoms with Crippen molar-refractivity contribution in [3.8, 4) is 0 Å². The van der Waals surface area contributed by atoms with E-state index in [0.717, 1.165) is 0 Å². The van der Waals surface area contributed by atoms with Crippen LogP contribution in [0.4, 0.5) is 4.79 Å². The molecular weight excluding hydrogens is 348 g/mol. The molecule has 0 aromatic carbocycles. The van der Waals surface area contributed by atoms with E-state index in [1.54, 1.807) is 20.8 Å². The van der Waals surface area contributed by atoms with E-state index >= 15 is 0 Å². The highest BCUT2D eigenvalue weighted by Crippen LogP contribution is 2.13. The van der Waals surface area contributed by atoms with E-state index in [4.69, 9.17) is 10.1 Å². The monoisotopic (exact) mass is 374 g/mol. The minimum absolute atomic E-state index is 0.0593. The lowest BCUT2D eigenvalue weighted by molar-refractivity contribution is -0.150. The van der Waals surface area contributed by atoms with Gasteiger partial charge in [0.15, 0.2) is 0 Å². The number of amides is 2. The zero-order valence-corrected chi connectivity index (χ0v) is 15.8. The second-order valence-electron chi connectivity index (χ2n) is 6.69. The van der Waals surface area contributed by atoms with Crippen LogP contribution in [0, 0.1) is 5.41 Å². The van der Waals surface area contributed by atoms with Crippen LogP contribution in [0.15, 0.2) is 0 Å². The van der Waals surface area contributed by atoms with E-state index in [1.807, 2.05) is 0 Å². The summed E-state index contributed by atoms with van der Waals surface area (Å²) in [6.07, 6.45) is 0.309. The van der Waals surface area contributed by atoms with E-state index in [0.29, 0.717) is 19.4 Å². The summed E-state index contributed by atoms with van der Waals surface area (Å²) in [6, 6.07) is -1.65. The minimum atomic E-state index is -1.02. The fraction of sp³-hybridized carbons (Fsp3) is 0.733. The summed E-state index contributed by atoms with van der Waals surface area (Å²) >= 11 is 3.90. The molecule has 0 unspecified atom stereocenters. The molecule has 0 bridgehead atoms. The Labute approximate surface area is 152 Å². The Balaban J connectivity index is 2.80. The van der Waals surface area contributed by atoms with Crippen LogP contribution < -0.4 is 10.7 Å². The Hall–Kier alpha value is -1.81. The third kappa shape index (κ3) is 7.30. The third-order valence-electron chi connectivity index (χ3n) is 3.32. The van der Waals surface area contributed by atoms with Gasteiger partial charge < -0.3 is 14.8 Å². The number of alkyl carbamates (subject to hydrolysis) is 1. The Kier molecular flexibility index (Phi) is 7.68. The average molecular weight is 374 g/mol. The number of nitrogens with one attached hydrogen (secondary N) is 3. The van der Waals surface area contributed by atoms with Crippen LogP contribution >= 0.6 is 12.6 Å². The molecule has 1 saturated heterocycles. The van der Waals surface area contributed by atoms with Crippen molar-refractivity contribution in [2.24, 2.45) is 0 Å². The zero-order chi connectivity index (χ0) is 19.2. The molecule has 0 aromatic rings. The van der Waals surface area contributed by atoms with Gasteiger partial charge >= 0.3 is 12.1 Å². The van der Waals surface area contributed by atoms with Crippen molar-refractivity contribution >= 4 is 35.6 Å². The van der Waals surface area contributed by atoms with Crippen molar-refractivity contribution < 1.29 is 23.9 Å². The van der Waals surface area contributed by atoms with Crippen LogP contribution in [0.2, 0.25) is 0 Å². The molecule has 3 N–H and O–H groups in total. The van der Waals surface area contributed by atoms with Crippen molar-refractivity contribution in [2.75, 3.05) is 13.7 Å². The molecule has 1 aliphatic rings. The number of hydrogen-bond acceptors (Lipinski definition) is 7.